The number of nitrogens with zero attached hydrogens (tertiary/aromatic N) is 19. The Morgan fingerprint density at radius 3 is 0.943 bits per heavy atom. The van der Waals surface area contributed by atoms with Crippen molar-refractivity contribution < 1.29 is 24.0 Å². The maximum absolute atomic E-state index is 12.1. The van der Waals surface area contributed by atoms with Crippen LogP contribution in [0.2, 0.25) is 0 Å². The fraction of sp³-hybridized carbons (Fsp3) is 0.460. The quantitative estimate of drug-likeness (QED) is 0.0637. The van der Waals surface area contributed by atoms with Crippen molar-refractivity contribution in [3.8, 4) is 0 Å². The number of carbonyl (C=O) groups excluding carboxylic acids is 5. The molecule has 37 nitrogen and oxygen atoms in total. The molecule has 0 aliphatic carbocycles. The summed E-state index contributed by atoms with van der Waals surface area (Å²) in [5, 5.41) is 0. The van der Waals surface area contributed by atoms with Gasteiger partial charge in [0.05, 0.1) is 74.5 Å². The number of rotatable bonds is 0. The van der Waals surface area contributed by atoms with Gasteiger partial charge >= 0.3 is 20.3 Å². The molecule has 0 atom stereocenters. The SMILES string of the molecule is C.C.CC(C)(C)N1C(=O)Cc2c(N)cccc21.CC(C)(C)N1C(=O)Cc2c(N)ccnc21.CC(C)(C)N1C(=O)Cc2c(N)ccnc21.CC(C)(C)n1c(=O)sc2c(N)cccc21.CC(C)(C)n1c(=O)sc2c(N)ccnc21.CC(C)(C)n1c(=O)sc2c(N)ccnc21.Cc1nc(N)c2c(n1)N(C(C)(C)C)C(=O)C2.Cc1nc(N)c2c(n1)N(C(C)(C)C)C(=O)C2.Cn1c(=O)n(C(C)(C)C)c2nccc(N)c21. The molecule has 5 amide bonds. The number of carbonyl (C=O) groups is 5. The zero-order chi connectivity index (χ0) is 104. The van der Waals surface area contributed by atoms with E-state index in [0.717, 1.165) is 75.8 Å². The first kappa shape index (κ1) is 112. The molecule has 18 rings (SSSR count). The summed E-state index contributed by atoms with van der Waals surface area (Å²) >= 11 is 3.52. The molecule has 18 N–H and O–H groups in total. The smallest absolute Gasteiger partial charge is 0.330 e. The molecule has 2 aromatic carbocycles. The minimum absolute atomic E-state index is 0. The van der Waals surface area contributed by atoms with E-state index in [2.05, 4.69) is 44.9 Å². The number of amides is 5. The molecule has 11 aromatic heterocycles. The average molecular weight is 1980 g/mol. The van der Waals surface area contributed by atoms with Crippen LogP contribution in [-0.2, 0) is 85.3 Å². The average Bonchev–Trinajstić information content (AvgIpc) is 1.60. The lowest BCUT2D eigenvalue weighted by Crippen LogP contribution is -2.44. The first-order valence-corrected chi connectivity index (χ1v) is 47.4. The van der Waals surface area contributed by atoms with Gasteiger partial charge in [-0.2, -0.15) is 0 Å². The lowest BCUT2D eigenvalue weighted by Gasteiger charge is -2.32. The van der Waals surface area contributed by atoms with Crippen LogP contribution in [0.1, 0.15) is 241 Å². The van der Waals surface area contributed by atoms with Crippen molar-refractivity contribution in [2.75, 3.05) is 76.1 Å². The van der Waals surface area contributed by atoms with Gasteiger partial charge in [-0.1, -0.05) is 61.0 Å². The summed E-state index contributed by atoms with van der Waals surface area (Å²) in [5.41, 5.74) is 63.3. The van der Waals surface area contributed by atoms with Crippen molar-refractivity contribution in [3.63, 3.8) is 0 Å². The van der Waals surface area contributed by atoms with E-state index in [1.807, 2.05) is 228 Å². The fourth-order valence-electron chi connectivity index (χ4n) is 16.6. The van der Waals surface area contributed by atoms with E-state index in [1.165, 1.54) is 11.3 Å². The molecule has 0 radical (unpaired) electrons. The van der Waals surface area contributed by atoms with Crippen molar-refractivity contribution in [2.24, 2.45) is 7.05 Å². The second kappa shape index (κ2) is 41.0. The summed E-state index contributed by atoms with van der Waals surface area (Å²) < 4.78 is 10.8. The van der Waals surface area contributed by atoms with Crippen molar-refractivity contribution >= 4 is 186 Å². The Hall–Kier alpha value is -13.8. The number of nitrogen functional groups attached to an aromatic ring is 9. The summed E-state index contributed by atoms with van der Waals surface area (Å²) in [5.74, 6) is 5.15. The Labute approximate surface area is 830 Å². The number of imidazole rings is 1. The van der Waals surface area contributed by atoms with Gasteiger partial charge in [0.1, 0.15) is 52.1 Å². The number of benzene rings is 2. The van der Waals surface area contributed by atoms with Crippen LogP contribution < -0.4 is 96.4 Å². The van der Waals surface area contributed by atoms with Gasteiger partial charge in [-0.25, -0.2) is 49.7 Å². The monoisotopic (exact) mass is 1980 g/mol. The van der Waals surface area contributed by atoms with E-state index in [4.69, 9.17) is 51.6 Å². The van der Waals surface area contributed by atoms with Gasteiger partial charge in [0.25, 0.3) is 0 Å². The molecule has 13 aromatic rings. The van der Waals surface area contributed by atoms with E-state index in [9.17, 15) is 43.2 Å². The number of pyridine rings is 5. The van der Waals surface area contributed by atoms with Gasteiger partial charge in [-0.15, -0.1) is 0 Å². The molecule has 754 valence electrons. The second-order valence-corrected chi connectivity index (χ2v) is 45.8. The molecule has 0 saturated carbocycles. The van der Waals surface area contributed by atoms with E-state index in [1.54, 1.807) is 125 Å². The van der Waals surface area contributed by atoms with Crippen molar-refractivity contribution in [3.05, 3.63) is 177 Å². The number of hydrogen-bond acceptors (Lipinski definition) is 30. The van der Waals surface area contributed by atoms with Crippen LogP contribution in [0.15, 0.2) is 117 Å². The second-order valence-electron chi connectivity index (χ2n) is 42.9. The number of nitrogens with two attached hydrogens (primary N) is 9. The minimum Gasteiger partial charge on any atom is -0.398 e. The molecular formula is C100H142N28O9S3. The third-order valence-electron chi connectivity index (χ3n) is 22.2. The maximum Gasteiger partial charge on any atom is 0.330 e. The highest BCUT2D eigenvalue weighted by Crippen LogP contribution is 2.42. The van der Waals surface area contributed by atoms with Crippen molar-refractivity contribution in [2.45, 2.75) is 298 Å². The highest BCUT2D eigenvalue weighted by Gasteiger charge is 2.43. The Morgan fingerprint density at radius 1 is 0.286 bits per heavy atom. The Kier molecular flexibility index (Phi) is 32.6. The summed E-state index contributed by atoms with van der Waals surface area (Å²) in [6, 6.07) is 19.9. The minimum atomic E-state index is -0.308. The van der Waals surface area contributed by atoms with E-state index in [0.29, 0.717) is 141 Å². The third-order valence-corrected chi connectivity index (χ3v) is 25.2. The third kappa shape index (κ3) is 23.7. The summed E-state index contributed by atoms with van der Waals surface area (Å²) in [7, 11) is 1.71. The first-order valence-electron chi connectivity index (χ1n) is 44.9. The normalized spacial score (nSPS) is 13.9. The van der Waals surface area contributed by atoms with Crippen molar-refractivity contribution in [1.29, 1.82) is 0 Å². The molecule has 140 heavy (non-hydrogen) atoms. The van der Waals surface area contributed by atoms with E-state index in [-0.39, 0.29) is 115 Å². The maximum atomic E-state index is 12.1. The van der Waals surface area contributed by atoms with Gasteiger partial charge in [0.2, 0.25) is 29.5 Å². The number of thiazole rings is 3. The van der Waals surface area contributed by atoms with Crippen LogP contribution in [-0.4, -0.2) is 125 Å². The zero-order valence-electron chi connectivity index (χ0n) is 84.9. The van der Waals surface area contributed by atoms with Crippen molar-refractivity contribution in [1.82, 2.24) is 67.7 Å². The molecule has 5 aliphatic heterocycles. The van der Waals surface area contributed by atoms with E-state index < -0.39 is 0 Å². The van der Waals surface area contributed by atoms with Gasteiger partial charge in [-0.05, 0) is 255 Å². The van der Waals surface area contributed by atoms with Gasteiger partial charge in [-0.3, -0.25) is 80.8 Å². The van der Waals surface area contributed by atoms with Crippen LogP contribution in [0.4, 0.5) is 80.4 Å². The molecule has 0 spiro atoms. The van der Waals surface area contributed by atoms with Crippen LogP contribution >= 0.6 is 34.0 Å². The predicted molar refractivity (Wildman–Crippen MR) is 575 cm³/mol. The Morgan fingerprint density at radius 2 is 0.571 bits per heavy atom. The predicted octanol–water partition coefficient (Wildman–Crippen LogP) is 15.1. The summed E-state index contributed by atoms with van der Waals surface area (Å²) in [4.78, 5) is 154. The van der Waals surface area contributed by atoms with Crippen LogP contribution in [0.3, 0.4) is 0 Å². The lowest BCUT2D eigenvalue weighted by molar-refractivity contribution is -0.119. The molecule has 5 aliphatic rings. The largest absolute Gasteiger partial charge is 0.398 e. The molecule has 0 saturated heterocycles. The van der Waals surface area contributed by atoms with Gasteiger partial charge in [0.15, 0.2) is 16.9 Å². The highest BCUT2D eigenvalue weighted by molar-refractivity contribution is 7.17. The zero-order valence-corrected chi connectivity index (χ0v) is 87.3. The molecule has 0 bridgehead atoms. The molecular weight excluding hydrogens is 1830 g/mol. The van der Waals surface area contributed by atoms with E-state index >= 15 is 0 Å². The number of anilines is 14. The molecule has 0 fully saturated rings. The molecule has 40 heteroatoms. The molecule has 0 unspecified atom stereocenters. The lowest BCUT2D eigenvalue weighted by atomic mass is 10.1. The fourth-order valence-corrected chi connectivity index (χ4v) is 19.7. The first-order chi connectivity index (χ1) is 63.4. The highest BCUT2D eigenvalue weighted by atomic mass is 32.1. The standard InChI is InChI=1S/C12H16N2O.3C11H16N4O.2C11H15N3O.C11H14N2OS.2C10H13N3OS.2CH4/c1-12(2,3)14-10-6-4-5-9(13)8(10)7-11(14)15;1-11(2,3)15-9-8(14(4)10(15)16)7(12)5-6-13-9;2*1-6-13-9(12)7-5-8(16)15(10(7)14-6)11(2,3)4;2*1-11(2,3)14-9(15)6-7-8(12)4-5-13-10(7)14;1-11(2,3)13-8-6-4-5-7(12)9(8)15-10(13)14;2*1-10(2,3)13-8-7(15-9(13)14)6(11)4-5-12-8;;/h4-6H,7,13H2,1-3H3;5-6H,1-4H3,(H2,12,13);2*5H2,1-4H3,(H2,12,13,14);2*4-5H,6H2,1-3H3,(H2,12,13);4-6H,12H2,1-3H3;2*4-5H,1-3H3,(H2,11,12);2*1H4. The topological polar surface area (TPSA) is 545 Å². The van der Waals surface area contributed by atoms with Gasteiger partial charge in [0, 0.05) is 138 Å². The summed E-state index contributed by atoms with van der Waals surface area (Å²) in [6.07, 6.45) is 9.95. The van der Waals surface area contributed by atoms with Crippen LogP contribution in [0.5, 0.6) is 0 Å². The number of fused-ring (bicyclic) bond motifs is 9. The van der Waals surface area contributed by atoms with Gasteiger partial charge < -0.3 is 56.5 Å². The number of aryl methyl sites for hydroxylation is 3. The number of aromatic nitrogens is 14. The summed E-state index contributed by atoms with van der Waals surface area (Å²) in [6.45, 7) is 57.3. The van der Waals surface area contributed by atoms with Crippen LogP contribution in [0.25, 0.3) is 42.1 Å². The van der Waals surface area contributed by atoms with Crippen LogP contribution in [0, 0.1) is 13.8 Å². The Bertz CT molecular complexity index is 6600. The number of hydrogen-bond donors (Lipinski definition) is 9. The molecule has 16 heterocycles. The Balaban J connectivity index is 0.000000193.